The number of nitrogens with zero attached hydrogens (tertiary/aromatic N) is 6. The summed E-state index contributed by atoms with van der Waals surface area (Å²) in [7, 11) is 0. The van der Waals surface area contributed by atoms with E-state index < -0.39 is 11.9 Å². The van der Waals surface area contributed by atoms with E-state index in [4.69, 9.17) is 28.9 Å². The largest absolute Gasteiger partial charge is 0.381 e. The summed E-state index contributed by atoms with van der Waals surface area (Å²) in [6.07, 6.45) is 5.16. The minimum absolute atomic E-state index is 0.0182. The van der Waals surface area contributed by atoms with Gasteiger partial charge in [0, 0.05) is 44.0 Å². The number of halogens is 2. The SMILES string of the molecule is CC(NC(=O)c1c(N)nn2cccnc12)c1cc(Cl)c2c(Cl)ncn2c1N1CCNC(=O)CC1. The van der Waals surface area contributed by atoms with Crippen molar-refractivity contribution in [2.24, 2.45) is 0 Å². The van der Waals surface area contributed by atoms with Crippen molar-refractivity contribution >= 4 is 57.8 Å². The Bertz CT molecular complexity index is 1430. The minimum atomic E-state index is -0.490. The fraction of sp³-hybridized carbons (Fsp3) is 0.286. The number of nitrogen functional groups attached to an aromatic ring is 1. The second-order valence-corrected chi connectivity index (χ2v) is 8.72. The Kier molecular flexibility index (Phi) is 5.66. The van der Waals surface area contributed by atoms with Gasteiger partial charge in [0.15, 0.2) is 16.6 Å². The maximum atomic E-state index is 13.2. The highest BCUT2D eigenvalue weighted by Gasteiger charge is 2.27. The van der Waals surface area contributed by atoms with Crippen molar-refractivity contribution in [1.29, 1.82) is 0 Å². The third kappa shape index (κ3) is 3.76. The van der Waals surface area contributed by atoms with Gasteiger partial charge in [-0.15, -0.1) is 5.10 Å². The van der Waals surface area contributed by atoms with Crippen LogP contribution in [0.5, 0.6) is 0 Å². The van der Waals surface area contributed by atoms with Crippen LogP contribution >= 0.6 is 23.2 Å². The molecule has 1 unspecified atom stereocenters. The fourth-order valence-corrected chi connectivity index (χ4v) is 4.79. The van der Waals surface area contributed by atoms with Crippen LogP contribution in [0.1, 0.15) is 35.3 Å². The lowest BCUT2D eigenvalue weighted by molar-refractivity contribution is -0.120. The molecule has 0 saturated carbocycles. The smallest absolute Gasteiger partial charge is 0.259 e. The number of carbonyl (C=O) groups excluding carboxylic acids is 2. The van der Waals surface area contributed by atoms with Gasteiger partial charge in [0.1, 0.15) is 23.2 Å². The number of rotatable bonds is 4. The van der Waals surface area contributed by atoms with Crippen molar-refractivity contribution in [3.63, 3.8) is 0 Å². The summed E-state index contributed by atoms with van der Waals surface area (Å²) in [6, 6.07) is 2.97. The Balaban J connectivity index is 1.56. The Morgan fingerprint density at radius 3 is 2.94 bits per heavy atom. The molecule has 5 heterocycles. The topological polar surface area (TPSA) is 135 Å². The molecule has 0 aliphatic carbocycles. The number of hydrogen-bond donors (Lipinski definition) is 3. The molecule has 176 valence electrons. The first kappa shape index (κ1) is 22.2. The van der Waals surface area contributed by atoms with E-state index in [9.17, 15) is 9.59 Å². The highest BCUT2D eigenvalue weighted by atomic mass is 35.5. The third-order valence-electron chi connectivity index (χ3n) is 5.79. The Morgan fingerprint density at radius 2 is 2.12 bits per heavy atom. The maximum Gasteiger partial charge on any atom is 0.259 e. The molecule has 1 atom stereocenters. The van der Waals surface area contributed by atoms with Crippen molar-refractivity contribution in [1.82, 2.24) is 34.6 Å². The van der Waals surface area contributed by atoms with Crippen LogP contribution in [0.2, 0.25) is 10.2 Å². The van der Waals surface area contributed by atoms with Gasteiger partial charge in [-0.2, -0.15) is 0 Å². The number of aromatic nitrogens is 5. The predicted octanol–water partition coefficient (Wildman–Crippen LogP) is 2.08. The molecule has 4 N–H and O–H groups in total. The van der Waals surface area contributed by atoms with E-state index in [0.717, 1.165) is 11.4 Å². The van der Waals surface area contributed by atoms with Crippen LogP contribution in [0.25, 0.3) is 11.2 Å². The Morgan fingerprint density at radius 1 is 1.29 bits per heavy atom. The van der Waals surface area contributed by atoms with E-state index >= 15 is 0 Å². The van der Waals surface area contributed by atoms with E-state index in [1.54, 1.807) is 35.3 Å². The lowest BCUT2D eigenvalue weighted by atomic mass is 10.1. The van der Waals surface area contributed by atoms with Crippen LogP contribution in [0.3, 0.4) is 0 Å². The lowest BCUT2D eigenvalue weighted by Gasteiger charge is -2.29. The van der Waals surface area contributed by atoms with Gasteiger partial charge in [0.05, 0.1) is 11.1 Å². The van der Waals surface area contributed by atoms with Crippen LogP contribution in [0.15, 0.2) is 30.9 Å². The van der Waals surface area contributed by atoms with Gasteiger partial charge in [-0.05, 0) is 19.1 Å². The van der Waals surface area contributed by atoms with Crippen LogP contribution in [-0.4, -0.2) is 55.4 Å². The van der Waals surface area contributed by atoms with Crippen molar-refractivity contribution in [2.75, 3.05) is 30.3 Å². The summed E-state index contributed by atoms with van der Waals surface area (Å²) in [5.41, 5.74) is 7.86. The van der Waals surface area contributed by atoms with Crippen LogP contribution in [0.4, 0.5) is 11.6 Å². The van der Waals surface area contributed by atoms with Gasteiger partial charge in [0.25, 0.3) is 5.91 Å². The summed E-state index contributed by atoms with van der Waals surface area (Å²) in [4.78, 5) is 35.7. The molecular formula is C21H21Cl2N9O2. The number of fused-ring (bicyclic) bond motifs is 2. The highest BCUT2D eigenvalue weighted by Crippen LogP contribution is 2.36. The molecule has 1 aliphatic heterocycles. The number of imidazole rings is 1. The van der Waals surface area contributed by atoms with E-state index in [2.05, 4.69) is 30.6 Å². The second-order valence-electron chi connectivity index (χ2n) is 7.96. The van der Waals surface area contributed by atoms with Crippen molar-refractivity contribution in [2.45, 2.75) is 19.4 Å². The summed E-state index contributed by atoms with van der Waals surface area (Å²) in [5.74, 6) is 0.386. The average molecular weight is 502 g/mol. The monoisotopic (exact) mass is 501 g/mol. The van der Waals surface area contributed by atoms with Crippen LogP contribution in [-0.2, 0) is 4.79 Å². The molecule has 5 rings (SSSR count). The standard InChI is InChI=1S/C21H21Cl2N9O2/c1-11(28-20(34)15-18(24)29-32-6-2-4-26-19(15)32)12-9-13(22)16-17(23)27-10-31(16)21(12)30-7-3-14(33)25-5-8-30/h2,4,6,9-11H,3,5,7-8H2,1H3,(H2,24,29)(H,25,33)(H,28,34). The molecule has 1 saturated heterocycles. The molecular weight excluding hydrogens is 481 g/mol. The second kappa shape index (κ2) is 8.65. The molecule has 0 bridgehead atoms. The zero-order valence-corrected chi connectivity index (χ0v) is 19.6. The van der Waals surface area contributed by atoms with E-state index in [1.807, 2.05) is 6.92 Å². The van der Waals surface area contributed by atoms with Gasteiger partial charge in [-0.1, -0.05) is 23.2 Å². The Hall–Kier alpha value is -3.57. The summed E-state index contributed by atoms with van der Waals surface area (Å²) in [5, 5.41) is 10.7. The molecule has 1 aliphatic rings. The first-order chi connectivity index (χ1) is 16.3. The quantitative estimate of drug-likeness (QED) is 0.389. The van der Waals surface area contributed by atoms with Gasteiger partial charge >= 0.3 is 0 Å². The van der Waals surface area contributed by atoms with Gasteiger partial charge in [-0.25, -0.2) is 14.5 Å². The van der Waals surface area contributed by atoms with E-state index in [0.29, 0.717) is 42.2 Å². The first-order valence-electron chi connectivity index (χ1n) is 10.6. The molecule has 2 amide bonds. The fourth-order valence-electron chi connectivity index (χ4n) is 4.21. The number of nitrogens with two attached hydrogens (primary N) is 1. The number of pyridine rings is 1. The number of anilines is 2. The molecule has 11 nitrogen and oxygen atoms in total. The zero-order valence-electron chi connectivity index (χ0n) is 18.1. The van der Waals surface area contributed by atoms with E-state index in [1.165, 1.54) is 4.52 Å². The molecule has 0 aromatic carbocycles. The van der Waals surface area contributed by atoms with Gasteiger partial charge in [0.2, 0.25) is 5.91 Å². The summed E-state index contributed by atoms with van der Waals surface area (Å²) >= 11 is 12.9. The molecule has 4 aromatic rings. The van der Waals surface area contributed by atoms with Gasteiger partial charge in [-0.3, -0.25) is 14.0 Å². The van der Waals surface area contributed by atoms with Crippen molar-refractivity contribution in [3.05, 3.63) is 52.2 Å². The van der Waals surface area contributed by atoms with Crippen molar-refractivity contribution in [3.8, 4) is 0 Å². The van der Waals surface area contributed by atoms with Gasteiger partial charge < -0.3 is 21.3 Å². The molecule has 0 spiro atoms. The third-order valence-corrected chi connectivity index (χ3v) is 6.36. The summed E-state index contributed by atoms with van der Waals surface area (Å²) < 4.78 is 3.25. The average Bonchev–Trinajstić information content (AvgIpc) is 3.27. The van der Waals surface area contributed by atoms with Crippen LogP contribution < -0.4 is 21.3 Å². The number of hydrogen-bond acceptors (Lipinski definition) is 7. The molecule has 0 radical (unpaired) electrons. The summed E-state index contributed by atoms with van der Waals surface area (Å²) in [6.45, 7) is 3.37. The van der Waals surface area contributed by atoms with E-state index in [-0.39, 0.29) is 22.4 Å². The number of nitrogens with one attached hydrogen (secondary N) is 2. The van der Waals surface area contributed by atoms with Crippen molar-refractivity contribution < 1.29 is 9.59 Å². The number of carbonyl (C=O) groups is 2. The normalized spacial score (nSPS) is 15.4. The maximum absolute atomic E-state index is 13.2. The molecule has 4 aromatic heterocycles. The molecule has 1 fully saturated rings. The van der Waals surface area contributed by atoms with Crippen LogP contribution in [0, 0.1) is 0 Å². The molecule has 34 heavy (non-hydrogen) atoms. The minimum Gasteiger partial charge on any atom is -0.381 e. The molecule has 13 heteroatoms. The highest BCUT2D eigenvalue weighted by molar-refractivity contribution is 6.39. The lowest BCUT2D eigenvalue weighted by Crippen LogP contribution is -2.33. The number of amides is 2. The predicted molar refractivity (Wildman–Crippen MR) is 128 cm³/mol. The first-order valence-corrected chi connectivity index (χ1v) is 11.4. The zero-order chi connectivity index (χ0) is 24.0. The Labute approximate surface area is 203 Å².